The van der Waals surface area contributed by atoms with Crippen molar-refractivity contribution in [3.63, 3.8) is 0 Å². The van der Waals surface area contributed by atoms with Gasteiger partial charge in [0.05, 0.1) is 10.6 Å². The molecule has 0 heterocycles. The van der Waals surface area contributed by atoms with Crippen LogP contribution in [0.4, 0.5) is 0 Å². The zero-order valence-corrected chi connectivity index (χ0v) is 35.9. The summed E-state index contributed by atoms with van der Waals surface area (Å²) in [6.07, 6.45) is 0. The molecule has 294 valence electrons. The summed E-state index contributed by atoms with van der Waals surface area (Å²) in [4.78, 5) is 0. The van der Waals surface area contributed by atoms with Crippen molar-refractivity contribution in [2.45, 2.75) is 77.0 Å². The second-order valence-electron chi connectivity index (χ2n) is 17.7. The lowest BCUT2D eigenvalue weighted by Gasteiger charge is -2.36. The van der Waals surface area contributed by atoms with Crippen LogP contribution in [0, 0.1) is 0 Å². The average Bonchev–Trinajstić information content (AvgIpc) is 3.24. The predicted octanol–water partition coefficient (Wildman–Crippen LogP) is 12.0. The lowest BCUT2D eigenvalue weighted by Crippen LogP contribution is -2.33. The van der Waals surface area contributed by atoms with Gasteiger partial charge in [-0.3, -0.25) is 0 Å². The van der Waals surface area contributed by atoms with Crippen LogP contribution in [0.3, 0.4) is 0 Å². The van der Waals surface area contributed by atoms with Crippen LogP contribution in [-0.2, 0) is 26.2 Å². The molecule has 2 N–H and O–H groups in total. The minimum Gasteiger partial charge on any atom is -0.507 e. The molecule has 7 aromatic carbocycles. The molecule has 0 saturated heterocycles. The van der Waals surface area contributed by atoms with E-state index in [9.17, 15) is 10.2 Å². The highest BCUT2D eigenvalue weighted by molar-refractivity contribution is 7.85. The number of hydrogen-bond donors (Lipinski definition) is 2. The van der Waals surface area contributed by atoms with Crippen LogP contribution in [0.25, 0.3) is 0 Å². The number of phenols is 2. The number of benzene rings is 7. The first-order valence-corrected chi connectivity index (χ1v) is 21.9. The van der Waals surface area contributed by atoms with Crippen molar-refractivity contribution in [3.8, 4) is 11.5 Å². The first-order chi connectivity index (χ1) is 27.5. The van der Waals surface area contributed by atoms with Gasteiger partial charge in [0.25, 0.3) is 0 Å². The molecule has 0 atom stereocenters. The Labute approximate surface area is 345 Å². The lowest BCUT2D eigenvalue weighted by atomic mass is 9.73. The normalized spacial score (nSPS) is 12.7. The quantitative estimate of drug-likeness (QED) is 0.129. The zero-order valence-electron chi connectivity index (χ0n) is 35.0. The molecule has 3 nitrogen and oxygen atoms in total. The van der Waals surface area contributed by atoms with E-state index in [0.29, 0.717) is 27.0 Å². The summed E-state index contributed by atoms with van der Waals surface area (Å²) in [6, 6.07) is 58.4. The van der Waals surface area contributed by atoms with E-state index in [1.54, 1.807) is 0 Å². The summed E-state index contributed by atoms with van der Waals surface area (Å²) in [5.74, 6) is -0.0747. The Hall–Kier alpha value is -5.63. The van der Waals surface area contributed by atoms with Crippen LogP contribution < -0.4 is 15.9 Å². The lowest BCUT2D eigenvalue weighted by molar-refractivity contribution is 0.454. The molecular formula is C54H55O3P. The molecule has 0 aliphatic heterocycles. The third-order valence-corrected chi connectivity index (χ3v) is 15.8. The molecule has 0 bridgehead atoms. The van der Waals surface area contributed by atoms with Gasteiger partial charge in [0.1, 0.15) is 11.5 Å². The van der Waals surface area contributed by atoms with Crippen molar-refractivity contribution in [3.05, 3.63) is 220 Å². The van der Waals surface area contributed by atoms with Gasteiger partial charge in [0, 0.05) is 38.1 Å². The van der Waals surface area contributed by atoms with Crippen LogP contribution in [0.5, 0.6) is 11.5 Å². The van der Waals surface area contributed by atoms with E-state index in [-0.39, 0.29) is 11.5 Å². The molecule has 7 rings (SSSR count). The van der Waals surface area contributed by atoms with E-state index >= 15 is 4.57 Å². The molecule has 0 unspecified atom stereocenters. The fourth-order valence-corrected chi connectivity index (χ4v) is 11.4. The van der Waals surface area contributed by atoms with Gasteiger partial charge in [-0.2, -0.15) is 0 Å². The SMILES string of the molecule is CC(C)(c1ccccc1)c1cc(C(C)(C)c2ccccc2)c(O)c(P(=O)(c2ccccc2)c2cc(C(C)(C)c3ccccc3)cc(C(C)(C)c3ccccc3)c2O)c1. The highest BCUT2D eigenvalue weighted by Crippen LogP contribution is 2.54. The van der Waals surface area contributed by atoms with E-state index in [2.05, 4.69) is 116 Å². The fourth-order valence-electron chi connectivity index (χ4n) is 8.50. The Balaban J connectivity index is 1.63. The Morgan fingerprint density at radius 2 is 0.603 bits per heavy atom. The Bertz CT molecular complexity index is 2410. The number of rotatable bonds is 11. The van der Waals surface area contributed by atoms with Crippen molar-refractivity contribution < 1.29 is 14.8 Å². The van der Waals surface area contributed by atoms with Crippen molar-refractivity contribution in [2.75, 3.05) is 0 Å². The molecule has 0 amide bonds. The standard InChI is InChI=1S/C54H55O3P/c1-51(2,38-24-14-9-15-25-38)42-34-45(53(5,6)40-28-18-11-19-29-40)49(55)47(36-42)58(57,44-32-22-13-23-33-44)48-37-43(52(3,4)39-26-16-10-17-27-39)35-46(50(48)56)54(7,8)41-30-20-12-21-31-41/h9-37,55-56H,1-8H3. The molecule has 7 aromatic rings. The van der Waals surface area contributed by atoms with Gasteiger partial charge in [-0.25, -0.2) is 0 Å². The van der Waals surface area contributed by atoms with E-state index in [1.165, 1.54) is 0 Å². The van der Waals surface area contributed by atoms with Gasteiger partial charge in [0.15, 0.2) is 7.14 Å². The third kappa shape index (κ3) is 7.01. The monoisotopic (exact) mass is 782 g/mol. The van der Waals surface area contributed by atoms with Gasteiger partial charge >= 0.3 is 0 Å². The van der Waals surface area contributed by atoms with Crippen LogP contribution in [0.1, 0.15) is 99.9 Å². The van der Waals surface area contributed by atoms with Crippen molar-refractivity contribution in [1.29, 1.82) is 0 Å². The fraction of sp³-hybridized carbons (Fsp3) is 0.222. The van der Waals surface area contributed by atoms with Crippen molar-refractivity contribution in [2.24, 2.45) is 0 Å². The summed E-state index contributed by atoms with van der Waals surface area (Å²) in [6.45, 7) is 17.1. The second kappa shape index (κ2) is 15.3. The summed E-state index contributed by atoms with van der Waals surface area (Å²) in [7, 11) is -4.10. The highest BCUT2D eigenvalue weighted by Gasteiger charge is 2.43. The highest BCUT2D eigenvalue weighted by atomic mass is 31.2. The molecular weight excluding hydrogens is 728 g/mol. The predicted molar refractivity (Wildman–Crippen MR) is 243 cm³/mol. The Kier molecular flexibility index (Phi) is 10.7. The van der Waals surface area contributed by atoms with Crippen molar-refractivity contribution >= 4 is 23.1 Å². The summed E-state index contributed by atoms with van der Waals surface area (Å²) in [5.41, 5.74) is 4.87. The summed E-state index contributed by atoms with van der Waals surface area (Å²) in [5, 5.41) is 27.0. The molecule has 0 aliphatic rings. The largest absolute Gasteiger partial charge is 0.507 e. The van der Waals surface area contributed by atoms with E-state index in [1.807, 2.05) is 115 Å². The second-order valence-corrected chi connectivity index (χ2v) is 20.4. The number of aromatic hydroxyl groups is 2. The Morgan fingerprint density at radius 1 is 0.345 bits per heavy atom. The van der Waals surface area contributed by atoms with Crippen LogP contribution in [-0.4, -0.2) is 10.2 Å². The summed E-state index contributed by atoms with van der Waals surface area (Å²) >= 11 is 0. The number of hydrogen-bond acceptors (Lipinski definition) is 3. The third-order valence-electron chi connectivity index (χ3n) is 12.7. The topological polar surface area (TPSA) is 57.5 Å². The van der Waals surface area contributed by atoms with Crippen molar-refractivity contribution in [1.82, 2.24) is 0 Å². The average molecular weight is 783 g/mol. The van der Waals surface area contributed by atoms with Gasteiger partial charge in [-0.05, 0) is 45.5 Å². The first-order valence-electron chi connectivity index (χ1n) is 20.2. The Morgan fingerprint density at radius 3 is 0.897 bits per heavy atom. The molecule has 58 heavy (non-hydrogen) atoms. The van der Waals surface area contributed by atoms with Gasteiger partial charge < -0.3 is 14.8 Å². The molecule has 0 fully saturated rings. The maximum atomic E-state index is 17.2. The van der Waals surface area contributed by atoms with Crippen LogP contribution in [0.2, 0.25) is 0 Å². The minimum absolute atomic E-state index is 0.0374. The summed E-state index contributed by atoms with van der Waals surface area (Å²) < 4.78 is 17.2. The van der Waals surface area contributed by atoms with Crippen LogP contribution >= 0.6 is 7.14 Å². The number of phenolic OH excluding ortho intramolecular Hbond substituents is 2. The molecule has 0 aliphatic carbocycles. The van der Waals surface area contributed by atoms with Gasteiger partial charge in [0.2, 0.25) is 0 Å². The van der Waals surface area contributed by atoms with E-state index in [0.717, 1.165) is 33.4 Å². The molecule has 0 spiro atoms. The van der Waals surface area contributed by atoms with E-state index in [4.69, 9.17) is 0 Å². The zero-order chi connectivity index (χ0) is 41.5. The minimum atomic E-state index is -4.10. The smallest absolute Gasteiger partial charge is 0.178 e. The van der Waals surface area contributed by atoms with Gasteiger partial charge in [-0.1, -0.05) is 219 Å². The molecule has 4 heteroatoms. The molecule has 0 saturated carbocycles. The van der Waals surface area contributed by atoms with Crippen LogP contribution in [0.15, 0.2) is 176 Å². The maximum Gasteiger partial charge on any atom is 0.178 e. The molecule has 0 radical (unpaired) electrons. The van der Waals surface area contributed by atoms with Gasteiger partial charge in [-0.15, -0.1) is 0 Å². The van der Waals surface area contributed by atoms with E-state index < -0.39 is 28.8 Å². The maximum absolute atomic E-state index is 17.2. The first kappa shape index (κ1) is 40.6. The molecule has 0 aromatic heterocycles.